The molecule has 3 aromatic carbocycles. The van der Waals surface area contributed by atoms with Crippen molar-refractivity contribution in [1.29, 1.82) is 0 Å². The predicted molar refractivity (Wildman–Crippen MR) is 98.7 cm³/mol. The van der Waals surface area contributed by atoms with Gasteiger partial charge in [0.1, 0.15) is 5.75 Å². The van der Waals surface area contributed by atoms with E-state index < -0.39 is 0 Å². The van der Waals surface area contributed by atoms with Crippen LogP contribution in [0.5, 0.6) is 5.75 Å². The van der Waals surface area contributed by atoms with Crippen LogP contribution in [0.3, 0.4) is 0 Å². The maximum atomic E-state index is 13.1. The second kappa shape index (κ2) is 6.13. The quantitative estimate of drug-likeness (QED) is 0.599. The molecule has 122 valence electrons. The summed E-state index contributed by atoms with van der Waals surface area (Å²) in [6.07, 6.45) is 0. The van der Waals surface area contributed by atoms with E-state index >= 15 is 0 Å². The number of fused-ring (bicyclic) bond motifs is 1. The maximum absolute atomic E-state index is 13.1. The Bertz CT molecular complexity index is 1090. The molecular formula is C20H15N3O2. The van der Waals surface area contributed by atoms with Crippen molar-refractivity contribution >= 4 is 22.5 Å². The molecule has 0 fully saturated rings. The van der Waals surface area contributed by atoms with Crippen LogP contribution in [0.15, 0.2) is 83.7 Å². The zero-order valence-corrected chi connectivity index (χ0v) is 13.3. The topological polar surface area (TPSA) is 67.2 Å². The number of hydrogen-bond acceptors (Lipinski definition) is 4. The van der Waals surface area contributed by atoms with Crippen molar-refractivity contribution in [3.05, 3.63) is 89.2 Å². The van der Waals surface area contributed by atoms with E-state index in [0.29, 0.717) is 22.5 Å². The minimum atomic E-state index is -0.245. The van der Waals surface area contributed by atoms with Crippen LogP contribution in [-0.2, 0) is 0 Å². The summed E-state index contributed by atoms with van der Waals surface area (Å²) >= 11 is 0. The number of rotatable bonds is 3. The lowest BCUT2D eigenvalue weighted by molar-refractivity contribution is 0.476. The molecule has 0 saturated heterocycles. The predicted octanol–water partition coefficient (Wildman–Crippen LogP) is 3.83. The molecule has 0 aliphatic heterocycles. The first kappa shape index (κ1) is 15.0. The van der Waals surface area contributed by atoms with Crippen LogP contribution in [0.25, 0.3) is 16.6 Å². The smallest absolute Gasteiger partial charge is 0.267 e. The Kier molecular flexibility index (Phi) is 3.67. The summed E-state index contributed by atoms with van der Waals surface area (Å²) in [4.78, 5) is 17.7. The van der Waals surface area contributed by atoms with E-state index in [2.05, 4.69) is 10.3 Å². The number of nitrogens with one attached hydrogen (secondary N) is 1. The van der Waals surface area contributed by atoms with Crippen LogP contribution in [-0.4, -0.2) is 14.7 Å². The standard InChI is InChI=1S/C20H15N3O2/c24-16-11-12-18-17(13-16)19(25)23(15-9-5-2-6-10-15)20(22-18)21-14-7-3-1-4-8-14/h1-13,24H,(H,21,22). The second-order valence-electron chi connectivity index (χ2n) is 5.60. The molecule has 0 atom stereocenters. The first-order chi connectivity index (χ1) is 12.2. The summed E-state index contributed by atoms with van der Waals surface area (Å²) in [5.74, 6) is 0.454. The van der Waals surface area contributed by atoms with Gasteiger partial charge in [0.2, 0.25) is 5.95 Å². The van der Waals surface area contributed by atoms with E-state index in [1.807, 2.05) is 60.7 Å². The lowest BCUT2D eigenvalue weighted by atomic mass is 10.2. The van der Waals surface area contributed by atoms with Gasteiger partial charge in [-0.25, -0.2) is 9.55 Å². The normalized spacial score (nSPS) is 10.7. The molecule has 0 saturated carbocycles. The Labute approximate surface area is 143 Å². The number of benzene rings is 3. The highest BCUT2D eigenvalue weighted by Gasteiger charge is 2.13. The molecule has 4 rings (SSSR count). The van der Waals surface area contributed by atoms with Gasteiger partial charge in [-0.2, -0.15) is 0 Å². The molecule has 0 radical (unpaired) electrons. The molecule has 5 nitrogen and oxygen atoms in total. The Morgan fingerprint density at radius 2 is 1.56 bits per heavy atom. The summed E-state index contributed by atoms with van der Waals surface area (Å²) in [5.41, 5.74) is 1.81. The number of phenolic OH excluding ortho intramolecular Hbond substituents is 1. The number of para-hydroxylation sites is 2. The Morgan fingerprint density at radius 1 is 0.880 bits per heavy atom. The third kappa shape index (κ3) is 2.83. The van der Waals surface area contributed by atoms with E-state index in [4.69, 9.17) is 0 Å². The largest absolute Gasteiger partial charge is 0.508 e. The van der Waals surface area contributed by atoms with E-state index in [0.717, 1.165) is 5.69 Å². The molecule has 25 heavy (non-hydrogen) atoms. The molecule has 1 aromatic heterocycles. The minimum absolute atomic E-state index is 0.0368. The number of hydrogen-bond donors (Lipinski definition) is 2. The monoisotopic (exact) mass is 329 g/mol. The number of aromatic hydroxyl groups is 1. The van der Waals surface area contributed by atoms with Crippen molar-refractivity contribution in [1.82, 2.24) is 9.55 Å². The second-order valence-corrected chi connectivity index (χ2v) is 5.60. The van der Waals surface area contributed by atoms with E-state index in [-0.39, 0.29) is 11.3 Å². The highest BCUT2D eigenvalue weighted by atomic mass is 16.3. The van der Waals surface area contributed by atoms with Crippen molar-refractivity contribution in [2.75, 3.05) is 5.32 Å². The first-order valence-electron chi connectivity index (χ1n) is 7.86. The molecule has 0 spiro atoms. The van der Waals surface area contributed by atoms with Crippen LogP contribution in [0.4, 0.5) is 11.6 Å². The highest BCUT2D eigenvalue weighted by Crippen LogP contribution is 2.22. The third-order valence-electron chi connectivity index (χ3n) is 3.90. The van der Waals surface area contributed by atoms with Gasteiger partial charge in [0.15, 0.2) is 0 Å². The Morgan fingerprint density at radius 3 is 2.28 bits per heavy atom. The molecule has 4 aromatic rings. The molecule has 2 N–H and O–H groups in total. The lowest BCUT2D eigenvalue weighted by Gasteiger charge is -2.15. The summed E-state index contributed by atoms with van der Waals surface area (Å²) < 4.78 is 1.51. The van der Waals surface area contributed by atoms with Crippen LogP contribution in [0.2, 0.25) is 0 Å². The van der Waals surface area contributed by atoms with Crippen molar-refractivity contribution in [2.24, 2.45) is 0 Å². The van der Waals surface area contributed by atoms with Gasteiger partial charge >= 0.3 is 0 Å². The first-order valence-corrected chi connectivity index (χ1v) is 7.86. The average Bonchev–Trinajstić information content (AvgIpc) is 2.64. The molecule has 0 aliphatic carbocycles. The van der Waals surface area contributed by atoms with Crippen molar-refractivity contribution in [2.45, 2.75) is 0 Å². The third-order valence-corrected chi connectivity index (χ3v) is 3.90. The van der Waals surface area contributed by atoms with Crippen molar-refractivity contribution < 1.29 is 5.11 Å². The number of anilines is 2. The maximum Gasteiger partial charge on any atom is 0.267 e. The van der Waals surface area contributed by atoms with Gasteiger partial charge in [-0.05, 0) is 42.5 Å². The molecule has 0 amide bonds. The molecule has 5 heteroatoms. The van der Waals surface area contributed by atoms with Gasteiger partial charge in [0, 0.05) is 5.69 Å². The van der Waals surface area contributed by atoms with E-state index in [1.165, 1.54) is 16.7 Å². The van der Waals surface area contributed by atoms with Gasteiger partial charge in [-0.1, -0.05) is 36.4 Å². The average molecular weight is 329 g/mol. The summed E-state index contributed by atoms with van der Waals surface area (Å²) in [7, 11) is 0. The number of phenols is 1. The van der Waals surface area contributed by atoms with Crippen LogP contribution >= 0.6 is 0 Å². The van der Waals surface area contributed by atoms with Gasteiger partial charge < -0.3 is 10.4 Å². The SMILES string of the molecule is O=c1c2cc(O)ccc2nc(Nc2ccccc2)n1-c1ccccc1. The van der Waals surface area contributed by atoms with Gasteiger partial charge in [0.05, 0.1) is 16.6 Å². The fourth-order valence-electron chi connectivity index (χ4n) is 2.72. The zero-order chi connectivity index (χ0) is 17.2. The van der Waals surface area contributed by atoms with Gasteiger partial charge in [0.25, 0.3) is 5.56 Å². The fraction of sp³-hybridized carbons (Fsp3) is 0. The molecule has 0 bridgehead atoms. The number of nitrogens with zero attached hydrogens (tertiary/aromatic N) is 2. The lowest BCUT2D eigenvalue weighted by Crippen LogP contribution is -2.22. The highest BCUT2D eigenvalue weighted by molar-refractivity contribution is 5.81. The van der Waals surface area contributed by atoms with Crippen LogP contribution in [0.1, 0.15) is 0 Å². The summed E-state index contributed by atoms with van der Waals surface area (Å²) in [5, 5.41) is 13.3. The van der Waals surface area contributed by atoms with E-state index in [1.54, 1.807) is 6.07 Å². The van der Waals surface area contributed by atoms with Crippen molar-refractivity contribution in [3.8, 4) is 11.4 Å². The molecule has 1 heterocycles. The number of aromatic nitrogens is 2. The molecular weight excluding hydrogens is 314 g/mol. The summed E-state index contributed by atoms with van der Waals surface area (Å²) in [6, 6.07) is 23.4. The zero-order valence-electron chi connectivity index (χ0n) is 13.3. The van der Waals surface area contributed by atoms with Crippen molar-refractivity contribution in [3.63, 3.8) is 0 Å². The Hall–Kier alpha value is -3.60. The molecule has 0 aliphatic rings. The van der Waals surface area contributed by atoms with Crippen LogP contribution < -0.4 is 10.9 Å². The van der Waals surface area contributed by atoms with Gasteiger partial charge in [-0.3, -0.25) is 4.79 Å². The van der Waals surface area contributed by atoms with Crippen LogP contribution in [0, 0.1) is 0 Å². The van der Waals surface area contributed by atoms with Gasteiger partial charge in [-0.15, -0.1) is 0 Å². The minimum Gasteiger partial charge on any atom is -0.508 e. The fourth-order valence-corrected chi connectivity index (χ4v) is 2.72. The molecule has 0 unspecified atom stereocenters. The Balaban J connectivity index is 1.99. The van der Waals surface area contributed by atoms with E-state index in [9.17, 15) is 9.90 Å². The summed E-state index contributed by atoms with van der Waals surface area (Å²) in [6.45, 7) is 0.